The SMILES string of the molecule is Cc1cccc(CSCC(=O)N2CCN(C(C#N)c3ccccc3)CC2)c1. The number of piperazine rings is 1. The molecule has 1 fully saturated rings. The summed E-state index contributed by atoms with van der Waals surface area (Å²) in [7, 11) is 0. The van der Waals surface area contributed by atoms with E-state index in [1.807, 2.05) is 35.2 Å². The number of amides is 1. The van der Waals surface area contributed by atoms with E-state index in [-0.39, 0.29) is 11.9 Å². The van der Waals surface area contributed by atoms with Crippen molar-refractivity contribution >= 4 is 17.7 Å². The zero-order valence-corrected chi connectivity index (χ0v) is 16.5. The summed E-state index contributed by atoms with van der Waals surface area (Å²) in [5, 5.41) is 9.58. The van der Waals surface area contributed by atoms with Gasteiger partial charge in [-0.15, -0.1) is 11.8 Å². The third-order valence-corrected chi connectivity index (χ3v) is 5.83. The first-order valence-electron chi connectivity index (χ1n) is 9.27. The van der Waals surface area contributed by atoms with Gasteiger partial charge in [0, 0.05) is 31.9 Å². The van der Waals surface area contributed by atoms with Gasteiger partial charge in [0.05, 0.1) is 11.8 Å². The molecule has 1 heterocycles. The van der Waals surface area contributed by atoms with Crippen molar-refractivity contribution in [2.24, 2.45) is 0 Å². The van der Waals surface area contributed by atoms with E-state index in [1.165, 1.54) is 11.1 Å². The second kappa shape index (κ2) is 9.59. The van der Waals surface area contributed by atoms with Crippen molar-refractivity contribution in [3.05, 3.63) is 71.3 Å². The molecule has 1 aliphatic heterocycles. The molecule has 1 aliphatic rings. The summed E-state index contributed by atoms with van der Waals surface area (Å²) in [6.07, 6.45) is 0. The Hall–Kier alpha value is -2.29. The summed E-state index contributed by atoms with van der Waals surface area (Å²) in [4.78, 5) is 16.6. The number of aryl methyl sites for hydroxylation is 1. The van der Waals surface area contributed by atoms with Crippen LogP contribution < -0.4 is 0 Å². The highest BCUT2D eigenvalue weighted by Crippen LogP contribution is 2.22. The summed E-state index contributed by atoms with van der Waals surface area (Å²) in [5.41, 5.74) is 3.53. The van der Waals surface area contributed by atoms with Gasteiger partial charge in [0.2, 0.25) is 5.91 Å². The smallest absolute Gasteiger partial charge is 0.232 e. The normalized spacial score (nSPS) is 15.9. The second-order valence-electron chi connectivity index (χ2n) is 6.84. The van der Waals surface area contributed by atoms with Crippen LogP contribution in [0, 0.1) is 18.3 Å². The maximum Gasteiger partial charge on any atom is 0.232 e. The average molecular weight is 380 g/mol. The van der Waals surface area contributed by atoms with Crippen LogP contribution >= 0.6 is 11.8 Å². The fourth-order valence-electron chi connectivity index (χ4n) is 3.38. The molecule has 4 nitrogen and oxygen atoms in total. The monoisotopic (exact) mass is 379 g/mol. The molecule has 2 aromatic carbocycles. The summed E-state index contributed by atoms with van der Waals surface area (Å²) in [6.45, 7) is 4.94. The minimum Gasteiger partial charge on any atom is -0.339 e. The van der Waals surface area contributed by atoms with Crippen LogP contribution in [0.2, 0.25) is 0 Å². The molecule has 1 saturated heterocycles. The Balaban J connectivity index is 1.45. The zero-order chi connectivity index (χ0) is 19.1. The lowest BCUT2D eigenvalue weighted by atomic mass is 10.1. The topological polar surface area (TPSA) is 47.3 Å². The molecule has 0 aliphatic carbocycles. The van der Waals surface area contributed by atoms with Gasteiger partial charge < -0.3 is 4.90 Å². The molecule has 0 N–H and O–H groups in total. The molecule has 0 bridgehead atoms. The summed E-state index contributed by atoms with van der Waals surface area (Å²) < 4.78 is 0. The predicted molar refractivity (Wildman–Crippen MR) is 110 cm³/mol. The molecule has 1 atom stereocenters. The van der Waals surface area contributed by atoms with E-state index < -0.39 is 0 Å². The zero-order valence-electron chi connectivity index (χ0n) is 15.7. The number of hydrogen-bond acceptors (Lipinski definition) is 4. The van der Waals surface area contributed by atoms with Crippen molar-refractivity contribution in [2.45, 2.75) is 18.7 Å². The van der Waals surface area contributed by atoms with Crippen molar-refractivity contribution in [3.8, 4) is 6.07 Å². The van der Waals surface area contributed by atoms with Gasteiger partial charge >= 0.3 is 0 Å². The fraction of sp³-hybridized carbons (Fsp3) is 0.364. The largest absolute Gasteiger partial charge is 0.339 e. The van der Waals surface area contributed by atoms with Crippen LogP contribution in [0.4, 0.5) is 0 Å². The van der Waals surface area contributed by atoms with E-state index in [0.717, 1.165) is 24.4 Å². The molecule has 1 amide bonds. The predicted octanol–water partition coefficient (Wildman–Crippen LogP) is 3.64. The number of benzene rings is 2. The highest BCUT2D eigenvalue weighted by molar-refractivity contribution is 7.99. The maximum absolute atomic E-state index is 12.5. The van der Waals surface area contributed by atoms with E-state index in [4.69, 9.17) is 0 Å². The van der Waals surface area contributed by atoms with Crippen LogP contribution in [0.1, 0.15) is 22.7 Å². The first-order valence-corrected chi connectivity index (χ1v) is 10.4. The molecular formula is C22H25N3OS. The molecule has 5 heteroatoms. The van der Waals surface area contributed by atoms with E-state index in [2.05, 4.69) is 42.2 Å². The fourth-order valence-corrected chi connectivity index (χ4v) is 4.26. The number of thioether (sulfide) groups is 1. The Labute approximate surface area is 165 Å². The van der Waals surface area contributed by atoms with Crippen molar-refractivity contribution < 1.29 is 4.79 Å². The molecule has 2 aromatic rings. The molecule has 27 heavy (non-hydrogen) atoms. The number of carbonyl (C=O) groups is 1. The lowest BCUT2D eigenvalue weighted by molar-refractivity contribution is -0.130. The molecular weight excluding hydrogens is 354 g/mol. The lowest BCUT2D eigenvalue weighted by Gasteiger charge is -2.37. The van der Waals surface area contributed by atoms with Gasteiger partial charge in [-0.3, -0.25) is 9.69 Å². The van der Waals surface area contributed by atoms with Crippen LogP contribution in [0.5, 0.6) is 0 Å². The van der Waals surface area contributed by atoms with E-state index in [9.17, 15) is 10.1 Å². The van der Waals surface area contributed by atoms with Crippen LogP contribution in [-0.4, -0.2) is 47.6 Å². The minimum atomic E-state index is -0.237. The number of carbonyl (C=O) groups excluding carboxylic acids is 1. The summed E-state index contributed by atoms with van der Waals surface area (Å²) >= 11 is 1.67. The molecule has 140 valence electrons. The van der Waals surface area contributed by atoms with Gasteiger partial charge in [0.1, 0.15) is 6.04 Å². The third-order valence-electron chi connectivity index (χ3n) is 4.85. The van der Waals surface area contributed by atoms with Gasteiger partial charge in [0.15, 0.2) is 0 Å². The Morgan fingerprint density at radius 3 is 2.52 bits per heavy atom. The van der Waals surface area contributed by atoms with Gasteiger partial charge in [-0.2, -0.15) is 5.26 Å². The lowest BCUT2D eigenvalue weighted by Crippen LogP contribution is -2.50. The maximum atomic E-state index is 12.5. The van der Waals surface area contributed by atoms with Crippen molar-refractivity contribution in [1.29, 1.82) is 5.26 Å². The van der Waals surface area contributed by atoms with Gasteiger partial charge in [0.25, 0.3) is 0 Å². The van der Waals surface area contributed by atoms with Crippen LogP contribution in [0.15, 0.2) is 54.6 Å². The quantitative estimate of drug-likeness (QED) is 0.769. The van der Waals surface area contributed by atoms with Crippen LogP contribution in [0.25, 0.3) is 0 Å². The number of nitrogens with zero attached hydrogens (tertiary/aromatic N) is 3. The minimum absolute atomic E-state index is 0.195. The molecule has 0 spiro atoms. The number of rotatable bonds is 6. The first kappa shape index (κ1) is 19.5. The standard InChI is InChI=1S/C22H25N3OS/c1-18-6-5-7-19(14-18)16-27-17-22(26)25-12-10-24(11-13-25)21(15-23)20-8-3-2-4-9-20/h2-9,14,21H,10-13,16-17H2,1H3. The van der Waals surface area contributed by atoms with E-state index in [0.29, 0.717) is 18.8 Å². The highest BCUT2D eigenvalue weighted by atomic mass is 32.2. The number of hydrogen-bond donors (Lipinski definition) is 0. The Morgan fingerprint density at radius 2 is 1.85 bits per heavy atom. The van der Waals surface area contributed by atoms with Gasteiger partial charge in [-0.05, 0) is 18.1 Å². The number of nitriles is 1. The van der Waals surface area contributed by atoms with E-state index in [1.54, 1.807) is 11.8 Å². The molecule has 0 radical (unpaired) electrons. The van der Waals surface area contributed by atoms with Gasteiger partial charge in [-0.25, -0.2) is 0 Å². The Kier molecular flexibility index (Phi) is 6.92. The summed E-state index contributed by atoms with van der Waals surface area (Å²) in [5.74, 6) is 1.56. The molecule has 0 saturated carbocycles. The van der Waals surface area contributed by atoms with Crippen LogP contribution in [-0.2, 0) is 10.5 Å². The molecule has 3 rings (SSSR count). The third kappa shape index (κ3) is 5.35. The second-order valence-corrected chi connectivity index (χ2v) is 7.83. The highest BCUT2D eigenvalue weighted by Gasteiger charge is 2.26. The van der Waals surface area contributed by atoms with Crippen molar-refractivity contribution in [2.75, 3.05) is 31.9 Å². The Morgan fingerprint density at radius 1 is 1.11 bits per heavy atom. The van der Waals surface area contributed by atoms with E-state index >= 15 is 0 Å². The molecule has 0 aromatic heterocycles. The first-order chi connectivity index (χ1) is 13.2. The van der Waals surface area contributed by atoms with Crippen molar-refractivity contribution in [3.63, 3.8) is 0 Å². The van der Waals surface area contributed by atoms with Crippen molar-refractivity contribution in [1.82, 2.24) is 9.80 Å². The Bertz CT molecular complexity index is 795. The van der Waals surface area contributed by atoms with Crippen LogP contribution in [0.3, 0.4) is 0 Å². The summed E-state index contributed by atoms with van der Waals surface area (Å²) in [6, 6.07) is 20.5. The average Bonchev–Trinajstić information content (AvgIpc) is 2.70. The van der Waals surface area contributed by atoms with Gasteiger partial charge in [-0.1, -0.05) is 60.2 Å². The molecule has 1 unspecified atom stereocenters.